The second kappa shape index (κ2) is 13.8. The van der Waals surface area contributed by atoms with Gasteiger partial charge in [0.25, 0.3) is 15.9 Å². The van der Waals surface area contributed by atoms with Gasteiger partial charge in [-0.25, -0.2) is 13.4 Å². The summed E-state index contributed by atoms with van der Waals surface area (Å²) >= 11 is 0. The number of benzene rings is 2. The van der Waals surface area contributed by atoms with Crippen LogP contribution in [0.1, 0.15) is 53.4 Å². The smallest absolute Gasteiger partial charge is 0.263 e. The van der Waals surface area contributed by atoms with Crippen molar-refractivity contribution in [2.75, 3.05) is 25.0 Å². The van der Waals surface area contributed by atoms with E-state index in [0.29, 0.717) is 11.5 Å². The summed E-state index contributed by atoms with van der Waals surface area (Å²) in [6.45, 7) is 11.4. The minimum atomic E-state index is -4.02. The molecule has 1 aromatic heterocycles. The highest BCUT2D eigenvalue weighted by Crippen LogP contribution is 2.40. The molecule has 0 aliphatic rings. The molecule has 0 unspecified atom stereocenters. The molecule has 0 saturated carbocycles. The van der Waals surface area contributed by atoms with Crippen LogP contribution < -0.4 is 18.9 Å². The van der Waals surface area contributed by atoms with Gasteiger partial charge in [-0.2, -0.15) is 4.98 Å². The molecule has 2 N–H and O–H groups in total. The van der Waals surface area contributed by atoms with E-state index in [-0.39, 0.29) is 54.2 Å². The number of hydrogen-bond acceptors (Lipinski definition) is 8. The van der Waals surface area contributed by atoms with Crippen molar-refractivity contribution in [3.8, 4) is 23.1 Å². The number of hydrogen-bond donors (Lipinski definition) is 2. The summed E-state index contributed by atoms with van der Waals surface area (Å²) in [5.74, 6) is 0.794. The number of rotatable bonds is 9. The maximum absolute atomic E-state index is 13.2. The molecule has 0 spiro atoms. The van der Waals surface area contributed by atoms with E-state index in [1.54, 1.807) is 55.5 Å². The predicted molar refractivity (Wildman–Crippen MR) is 146 cm³/mol. The van der Waals surface area contributed by atoms with E-state index in [1.165, 1.54) is 7.11 Å². The molecule has 0 atom stereocenters. The minimum Gasteiger partial charge on any atom is -0.493 e. The first kappa shape index (κ1) is 31.7. The van der Waals surface area contributed by atoms with Gasteiger partial charge in [0.15, 0.2) is 17.3 Å². The molecule has 0 bridgehead atoms. The van der Waals surface area contributed by atoms with E-state index in [0.717, 1.165) is 5.56 Å². The first-order chi connectivity index (χ1) is 17.0. The van der Waals surface area contributed by atoms with Crippen molar-refractivity contribution in [1.29, 1.82) is 0 Å². The van der Waals surface area contributed by atoms with Crippen molar-refractivity contribution < 1.29 is 27.7 Å². The predicted octanol–water partition coefficient (Wildman–Crippen LogP) is 5.72. The lowest BCUT2D eigenvalue weighted by atomic mass is 9.87. The van der Waals surface area contributed by atoms with Crippen LogP contribution in [0.25, 0.3) is 0 Å². The lowest BCUT2D eigenvalue weighted by molar-refractivity contribution is 0.192. The van der Waals surface area contributed by atoms with Crippen LogP contribution >= 0.6 is 0 Å². The molecule has 0 amide bonds. The third-order valence-electron chi connectivity index (χ3n) is 4.82. The number of ether oxygens (including phenoxy) is 3. The zero-order valence-electron chi connectivity index (χ0n) is 21.8. The molecular formula is C27H39N3O6S. The van der Waals surface area contributed by atoms with E-state index >= 15 is 0 Å². The SMILES string of the molecule is C.CC.COc1ccccc1Oc1c(NS(=O)(=O)c2ccc(C(C)(C)C)cc2)nc(C)nc1OCCO. The Labute approximate surface area is 220 Å². The van der Waals surface area contributed by atoms with Crippen molar-refractivity contribution >= 4 is 15.8 Å². The van der Waals surface area contributed by atoms with E-state index in [9.17, 15) is 13.5 Å². The average Bonchev–Trinajstić information content (AvgIpc) is 2.85. The number of aliphatic hydroxyl groups excluding tert-OH is 1. The Morgan fingerprint density at radius 1 is 0.973 bits per heavy atom. The summed E-state index contributed by atoms with van der Waals surface area (Å²) in [6, 6.07) is 13.5. The van der Waals surface area contributed by atoms with Gasteiger partial charge < -0.3 is 19.3 Å². The van der Waals surface area contributed by atoms with E-state index < -0.39 is 10.0 Å². The second-order valence-corrected chi connectivity index (χ2v) is 10.1. The Kier molecular flexibility index (Phi) is 11.8. The van der Waals surface area contributed by atoms with Crippen LogP contribution in [0.3, 0.4) is 0 Å². The quantitative estimate of drug-likeness (QED) is 0.358. The van der Waals surface area contributed by atoms with Crippen molar-refractivity contribution in [2.24, 2.45) is 0 Å². The van der Waals surface area contributed by atoms with Gasteiger partial charge in [-0.1, -0.05) is 66.3 Å². The zero-order valence-corrected chi connectivity index (χ0v) is 22.6. The Morgan fingerprint density at radius 2 is 1.57 bits per heavy atom. The lowest BCUT2D eigenvalue weighted by Gasteiger charge is -2.19. The van der Waals surface area contributed by atoms with Crippen LogP contribution in [0, 0.1) is 6.92 Å². The standard InChI is InChI=1S/C24H29N3O6S.C2H6.CH4/c1-16-25-22(27-34(29,30)18-12-10-17(11-13-18)24(2,3)4)21(23(26-16)32-15-14-28)33-20-9-7-6-8-19(20)31-5;1-2;/h6-13,28H,14-15H2,1-5H3,(H,25,26,27);1-2H3;1H4. The fourth-order valence-corrected chi connectivity index (χ4v) is 4.08. The van der Waals surface area contributed by atoms with Crippen LogP contribution in [0.4, 0.5) is 5.82 Å². The number of nitrogens with one attached hydrogen (secondary N) is 1. The van der Waals surface area contributed by atoms with Crippen LogP contribution in [-0.4, -0.2) is 43.8 Å². The van der Waals surface area contributed by atoms with Gasteiger partial charge in [-0.15, -0.1) is 0 Å². The van der Waals surface area contributed by atoms with Crippen molar-refractivity contribution in [3.63, 3.8) is 0 Å². The molecule has 10 heteroatoms. The summed E-state index contributed by atoms with van der Waals surface area (Å²) < 4.78 is 45.7. The largest absolute Gasteiger partial charge is 0.493 e. The highest BCUT2D eigenvalue weighted by molar-refractivity contribution is 7.92. The number of anilines is 1. The summed E-state index contributed by atoms with van der Waals surface area (Å²) in [5, 5.41) is 9.20. The fraction of sp³-hybridized carbons (Fsp3) is 0.407. The number of aromatic nitrogens is 2. The average molecular weight is 534 g/mol. The number of sulfonamides is 1. The molecule has 9 nitrogen and oxygen atoms in total. The maximum Gasteiger partial charge on any atom is 0.263 e. The van der Waals surface area contributed by atoms with Gasteiger partial charge in [0.1, 0.15) is 12.4 Å². The normalized spacial score (nSPS) is 10.9. The highest BCUT2D eigenvalue weighted by atomic mass is 32.2. The molecule has 1 heterocycles. The molecular weight excluding hydrogens is 494 g/mol. The maximum atomic E-state index is 13.2. The van der Waals surface area contributed by atoms with Crippen LogP contribution in [-0.2, 0) is 15.4 Å². The molecule has 3 aromatic rings. The van der Waals surface area contributed by atoms with Gasteiger partial charge in [0, 0.05) is 0 Å². The zero-order chi connectivity index (χ0) is 26.9. The highest BCUT2D eigenvalue weighted by Gasteiger charge is 2.24. The van der Waals surface area contributed by atoms with Gasteiger partial charge in [-0.05, 0) is 42.2 Å². The third kappa shape index (κ3) is 8.33. The minimum absolute atomic E-state index is 0. The molecule has 0 saturated heterocycles. The Bertz CT molecular complexity index is 1240. The molecule has 0 aliphatic heterocycles. The van der Waals surface area contributed by atoms with Gasteiger partial charge in [-0.3, -0.25) is 4.72 Å². The van der Waals surface area contributed by atoms with Gasteiger partial charge >= 0.3 is 0 Å². The second-order valence-electron chi connectivity index (χ2n) is 8.46. The first-order valence-electron chi connectivity index (χ1n) is 11.6. The monoisotopic (exact) mass is 533 g/mol. The van der Waals surface area contributed by atoms with Gasteiger partial charge in [0.05, 0.1) is 18.6 Å². The Morgan fingerprint density at radius 3 is 2.11 bits per heavy atom. The fourth-order valence-electron chi connectivity index (χ4n) is 3.07. The molecule has 37 heavy (non-hydrogen) atoms. The summed E-state index contributed by atoms with van der Waals surface area (Å²) in [5.41, 5.74) is 0.887. The lowest BCUT2D eigenvalue weighted by Crippen LogP contribution is -2.17. The van der Waals surface area contributed by atoms with E-state index in [4.69, 9.17) is 14.2 Å². The third-order valence-corrected chi connectivity index (χ3v) is 6.17. The Balaban J connectivity index is 0.00000223. The summed E-state index contributed by atoms with van der Waals surface area (Å²) in [6.07, 6.45) is 0. The first-order valence-corrected chi connectivity index (χ1v) is 13.1. The number of aryl methyl sites for hydroxylation is 1. The van der Waals surface area contributed by atoms with Crippen LogP contribution in [0.5, 0.6) is 23.1 Å². The molecule has 3 rings (SSSR count). The molecule has 0 radical (unpaired) electrons. The van der Waals surface area contributed by atoms with Crippen molar-refractivity contribution in [1.82, 2.24) is 9.97 Å². The van der Waals surface area contributed by atoms with Crippen molar-refractivity contribution in [3.05, 3.63) is 59.9 Å². The number of aliphatic hydroxyl groups is 1. The molecule has 204 valence electrons. The van der Waals surface area contributed by atoms with Crippen LogP contribution in [0.2, 0.25) is 0 Å². The molecule has 0 aliphatic carbocycles. The number of methoxy groups -OCH3 is 1. The number of para-hydroxylation sites is 2. The van der Waals surface area contributed by atoms with E-state index in [1.807, 2.05) is 34.6 Å². The number of nitrogens with zero attached hydrogens (tertiary/aromatic N) is 2. The molecule has 0 fully saturated rings. The van der Waals surface area contributed by atoms with E-state index in [2.05, 4.69) is 14.7 Å². The topological polar surface area (TPSA) is 120 Å². The van der Waals surface area contributed by atoms with Crippen molar-refractivity contribution in [2.45, 2.75) is 59.3 Å². The van der Waals surface area contributed by atoms with Gasteiger partial charge in [0.2, 0.25) is 5.75 Å². The summed E-state index contributed by atoms with van der Waals surface area (Å²) in [4.78, 5) is 8.54. The summed E-state index contributed by atoms with van der Waals surface area (Å²) in [7, 11) is -2.53. The molecule has 2 aromatic carbocycles. The Hall–Kier alpha value is -3.37. The van der Waals surface area contributed by atoms with Crippen LogP contribution in [0.15, 0.2) is 53.4 Å².